The lowest BCUT2D eigenvalue weighted by atomic mass is 10.2. The van der Waals surface area contributed by atoms with E-state index in [0.29, 0.717) is 6.42 Å². The number of aromatic nitrogens is 5. The van der Waals surface area contributed by atoms with Crippen LogP contribution in [-0.2, 0) is 21.0 Å². The van der Waals surface area contributed by atoms with Gasteiger partial charge in [0.25, 0.3) is 5.56 Å². The Morgan fingerprint density at radius 1 is 1.41 bits per heavy atom. The number of fused-ring (bicyclic) bond motifs is 1. The van der Waals surface area contributed by atoms with Gasteiger partial charge < -0.3 is 20.3 Å². The lowest BCUT2D eigenvalue weighted by Crippen LogP contribution is -2.27. The Morgan fingerprint density at radius 3 is 3.03 bits per heavy atom. The minimum atomic E-state index is -0.734. The number of carbonyl (C=O) groups is 1. The molecule has 152 valence electrons. The van der Waals surface area contributed by atoms with E-state index in [1.54, 1.807) is 6.20 Å². The third kappa shape index (κ3) is 4.10. The minimum Gasteiger partial charge on any atom is -0.463 e. The molecule has 1 saturated carbocycles. The first-order chi connectivity index (χ1) is 14.1. The molecule has 1 fully saturated rings. The number of hydrogen-bond donors (Lipinski definition) is 3. The van der Waals surface area contributed by atoms with E-state index in [1.807, 2.05) is 18.2 Å². The SMILES string of the molecule is Nc1nc2c(ncn2COC(CO)COC(=O)C2CC2c2ccccn2)c(=O)[nH]1. The molecule has 4 rings (SSSR count). The maximum absolute atomic E-state index is 12.2. The number of nitrogens with zero attached hydrogens (tertiary/aromatic N) is 4. The molecule has 0 radical (unpaired) electrons. The Kier molecular flexibility index (Phi) is 5.23. The fourth-order valence-corrected chi connectivity index (χ4v) is 3.06. The highest BCUT2D eigenvalue weighted by atomic mass is 16.6. The van der Waals surface area contributed by atoms with Crippen molar-refractivity contribution in [1.29, 1.82) is 0 Å². The summed E-state index contributed by atoms with van der Waals surface area (Å²) in [5.41, 5.74) is 6.36. The first-order valence-corrected chi connectivity index (χ1v) is 9.07. The van der Waals surface area contributed by atoms with Crippen molar-refractivity contribution < 1.29 is 19.4 Å². The summed E-state index contributed by atoms with van der Waals surface area (Å²) in [7, 11) is 0. The summed E-state index contributed by atoms with van der Waals surface area (Å²) in [5, 5.41) is 9.51. The highest BCUT2D eigenvalue weighted by Gasteiger charge is 2.46. The van der Waals surface area contributed by atoms with Crippen LogP contribution in [0.2, 0.25) is 0 Å². The monoisotopic (exact) mass is 400 g/mol. The van der Waals surface area contributed by atoms with Crippen LogP contribution >= 0.6 is 0 Å². The number of ether oxygens (including phenoxy) is 2. The molecule has 0 amide bonds. The third-order valence-electron chi connectivity index (χ3n) is 4.72. The molecule has 1 aliphatic carbocycles. The third-order valence-corrected chi connectivity index (χ3v) is 4.72. The Balaban J connectivity index is 1.30. The van der Waals surface area contributed by atoms with Crippen molar-refractivity contribution in [3.63, 3.8) is 0 Å². The van der Waals surface area contributed by atoms with E-state index < -0.39 is 11.7 Å². The lowest BCUT2D eigenvalue weighted by Gasteiger charge is -2.16. The van der Waals surface area contributed by atoms with Gasteiger partial charge in [-0.25, -0.2) is 4.98 Å². The fourth-order valence-electron chi connectivity index (χ4n) is 3.06. The standard InChI is InChI=1S/C18H20N6O5/c19-18-22-15-14(16(26)23-18)21-8-24(15)9-29-10(6-25)7-28-17(27)12-5-11(12)13-3-1-2-4-20-13/h1-4,8,10-12,25H,5-7,9H2,(H3,19,22,23,26). The summed E-state index contributed by atoms with van der Waals surface area (Å²) >= 11 is 0. The summed E-state index contributed by atoms with van der Waals surface area (Å²) in [6.07, 6.45) is 3.04. The van der Waals surface area contributed by atoms with Crippen LogP contribution in [0.15, 0.2) is 35.5 Å². The van der Waals surface area contributed by atoms with Gasteiger partial charge in [-0.2, -0.15) is 4.98 Å². The van der Waals surface area contributed by atoms with Crippen LogP contribution < -0.4 is 11.3 Å². The van der Waals surface area contributed by atoms with Crippen molar-refractivity contribution in [2.24, 2.45) is 5.92 Å². The molecule has 11 nitrogen and oxygen atoms in total. The maximum atomic E-state index is 12.2. The molecular formula is C18H20N6O5. The summed E-state index contributed by atoms with van der Waals surface area (Å²) in [6, 6.07) is 5.60. The molecule has 0 spiro atoms. The van der Waals surface area contributed by atoms with Gasteiger partial charge in [0.05, 0.1) is 18.9 Å². The zero-order valence-electron chi connectivity index (χ0n) is 15.4. The number of nitrogens with two attached hydrogens (primary N) is 1. The molecule has 0 bridgehead atoms. The van der Waals surface area contributed by atoms with Crippen molar-refractivity contribution in [1.82, 2.24) is 24.5 Å². The fraction of sp³-hybridized carbons (Fsp3) is 0.389. The second-order valence-corrected chi connectivity index (χ2v) is 6.77. The van der Waals surface area contributed by atoms with Gasteiger partial charge >= 0.3 is 5.97 Å². The molecule has 11 heteroatoms. The predicted molar refractivity (Wildman–Crippen MR) is 101 cm³/mol. The van der Waals surface area contributed by atoms with Gasteiger partial charge in [0.1, 0.15) is 19.4 Å². The molecule has 0 saturated heterocycles. The van der Waals surface area contributed by atoms with E-state index in [4.69, 9.17) is 15.2 Å². The molecule has 0 aliphatic heterocycles. The Hall–Kier alpha value is -3.31. The molecule has 3 heterocycles. The zero-order valence-corrected chi connectivity index (χ0v) is 15.4. The number of aromatic amines is 1. The summed E-state index contributed by atoms with van der Waals surface area (Å²) in [5.74, 6) is -0.523. The van der Waals surface area contributed by atoms with Crippen molar-refractivity contribution >= 4 is 23.1 Å². The minimum absolute atomic E-state index is 0.0382. The normalized spacial score (nSPS) is 19.2. The first-order valence-electron chi connectivity index (χ1n) is 9.07. The van der Waals surface area contributed by atoms with Gasteiger partial charge in [0, 0.05) is 17.8 Å². The summed E-state index contributed by atoms with van der Waals surface area (Å²) < 4.78 is 12.4. The predicted octanol–water partition coefficient (Wildman–Crippen LogP) is -0.221. The van der Waals surface area contributed by atoms with Crippen molar-refractivity contribution in [3.05, 3.63) is 46.8 Å². The van der Waals surface area contributed by atoms with Crippen LogP contribution in [0.5, 0.6) is 0 Å². The summed E-state index contributed by atoms with van der Waals surface area (Å²) in [6.45, 7) is -0.483. The van der Waals surface area contributed by atoms with Crippen LogP contribution in [-0.4, -0.2) is 54.9 Å². The molecule has 29 heavy (non-hydrogen) atoms. The highest BCUT2D eigenvalue weighted by Crippen LogP contribution is 2.47. The molecule has 1 aliphatic rings. The van der Waals surface area contributed by atoms with Gasteiger partial charge in [-0.1, -0.05) is 6.07 Å². The molecule has 0 aromatic carbocycles. The molecule has 4 N–H and O–H groups in total. The smallest absolute Gasteiger partial charge is 0.309 e. The molecule has 3 atom stereocenters. The average molecular weight is 400 g/mol. The van der Waals surface area contributed by atoms with Gasteiger partial charge in [0.2, 0.25) is 5.95 Å². The number of hydrogen-bond acceptors (Lipinski definition) is 9. The van der Waals surface area contributed by atoms with Crippen LogP contribution in [0.4, 0.5) is 5.95 Å². The zero-order chi connectivity index (χ0) is 20.4. The highest BCUT2D eigenvalue weighted by molar-refractivity contribution is 5.77. The molecule has 3 aromatic heterocycles. The number of pyridine rings is 1. The van der Waals surface area contributed by atoms with Gasteiger partial charge in [-0.15, -0.1) is 0 Å². The molecule has 3 unspecified atom stereocenters. The van der Waals surface area contributed by atoms with Crippen molar-refractivity contribution in [3.8, 4) is 0 Å². The number of aliphatic hydroxyl groups excluding tert-OH is 1. The molecule has 3 aromatic rings. The van der Waals surface area contributed by atoms with E-state index in [2.05, 4.69) is 19.9 Å². The van der Waals surface area contributed by atoms with E-state index in [-0.39, 0.29) is 54.9 Å². The number of aliphatic hydroxyl groups is 1. The van der Waals surface area contributed by atoms with E-state index in [1.165, 1.54) is 10.9 Å². The largest absolute Gasteiger partial charge is 0.463 e. The number of esters is 1. The first kappa shape index (κ1) is 19.0. The topological polar surface area (TPSA) is 158 Å². The Bertz CT molecular complexity index is 1070. The molecular weight excluding hydrogens is 380 g/mol. The second-order valence-electron chi connectivity index (χ2n) is 6.77. The van der Waals surface area contributed by atoms with E-state index in [9.17, 15) is 14.7 Å². The van der Waals surface area contributed by atoms with E-state index in [0.717, 1.165) is 5.69 Å². The van der Waals surface area contributed by atoms with E-state index >= 15 is 0 Å². The van der Waals surface area contributed by atoms with Crippen LogP contribution in [0.25, 0.3) is 11.2 Å². The van der Waals surface area contributed by atoms with Gasteiger partial charge in [-0.05, 0) is 18.6 Å². The van der Waals surface area contributed by atoms with Crippen molar-refractivity contribution in [2.75, 3.05) is 18.9 Å². The average Bonchev–Trinajstić information content (AvgIpc) is 3.43. The lowest BCUT2D eigenvalue weighted by molar-refractivity contribution is -0.152. The second kappa shape index (κ2) is 7.97. The van der Waals surface area contributed by atoms with Crippen LogP contribution in [0, 0.1) is 5.92 Å². The Labute approximate surface area is 164 Å². The number of carbonyl (C=O) groups excluding carboxylic acids is 1. The quantitative estimate of drug-likeness (QED) is 0.435. The van der Waals surface area contributed by atoms with Gasteiger partial charge in [0.15, 0.2) is 11.2 Å². The number of nitrogen functional groups attached to an aromatic ring is 1. The Morgan fingerprint density at radius 2 is 2.28 bits per heavy atom. The van der Waals surface area contributed by atoms with Gasteiger partial charge in [-0.3, -0.25) is 24.1 Å². The number of rotatable bonds is 8. The van der Waals surface area contributed by atoms with Crippen molar-refractivity contribution in [2.45, 2.75) is 25.2 Å². The number of imidazole rings is 1. The maximum Gasteiger partial charge on any atom is 0.309 e. The number of H-pyrrole nitrogens is 1. The summed E-state index contributed by atoms with van der Waals surface area (Å²) in [4.78, 5) is 38.6. The number of nitrogens with one attached hydrogen (secondary N) is 1. The number of anilines is 1. The van der Waals surface area contributed by atoms with Crippen LogP contribution in [0.3, 0.4) is 0 Å². The van der Waals surface area contributed by atoms with Crippen LogP contribution in [0.1, 0.15) is 18.0 Å².